The molecular formula is C18H23BrCl2N2OS. The summed E-state index contributed by atoms with van der Waals surface area (Å²) in [6, 6.07) is 14.5. The van der Waals surface area contributed by atoms with Gasteiger partial charge in [0.05, 0.1) is 8.66 Å². The Morgan fingerprint density at radius 3 is 2.20 bits per heavy atom. The predicted molar refractivity (Wildman–Crippen MR) is 114 cm³/mol. The molecule has 0 saturated carbocycles. The first-order chi connectivity index (χ1) is 11.2. The van der Waals surface area contributed by atoms with Gasteiger partial charge in [-0.05, 0) is 33.6 Å². The van der Waals surface area contributed by atoms with E-state index in [1.807, 2.05) is 12.1 Å². The fraction of sp³-hybridized carbons (Fsp3) is 0.389. The standard InChI is InChI=1S/C18H21BrN2OS.2ClH/c19-18-7-6-17(23-18)16(22)8-9-20-10-12-21(13-11-20)14-15-4-2-1-3-5-15;;/h1-7H,8-14H2;2*1H. The summed E-state index contributed by atoms with van der Waals surface area (Å²) >= 11 is 4.94. The summed E-state index contributed by atoms with van der Waals surface area (Å²) in [5.41, 5.74) is 1.37. The highest BCUT2D eigenvalue weighted by Gasteiger charge is 2.18. The quantitative estimate of drug-likeness (QED) is 0.575. The van der Waals surface area contributed by atoms with Gasteiger partial charge in [-0.1, -0.05) is 30.3 Å². The van der Waals surface area contributed by atoms with E-state index in [1.54, 1.807) is 0 Å². The molecule has 0 aliphatic carbocycles. The molecule has 3 rings (SSSR count). The van der Waals surface area contributed by atoms with Crippen LogP contribution < -0.4 is 0 Å². The Hall–Kier alpha value is -0.430. The van der Waals surface area contributed by atoms with Crippen molar-refractivity contribution in [1.82, 2.24) is 9.80 Å². The van der Waals surface area contributed by atoms with Crippen molar-refractivity contribution in [2.45, 2.75) is 13.0 Å². The van der Waals surface area contributed by atoms with Crippen LogP contribution in [0, 0.1) is 0 Å². The maximum Gasteiger partial charge on any atom is 0.174 e. The van der Waals surface area contributed by atoms with E-state index in [0.29, 0.717) is 6.42 Å². The molecule has 2 aromatic rings. The van der Waals surface area contributed by atoms with Crippen molar-refractivity contribution in [3.05, 3.63) is 56.7 Å². The summed E-state index contributed by atoms with van der Waals surface area (Å²) in [5, 5.41) is 0. The molecule has 0 spiro atoms. The molecule has 25 heavy (non-hydrogen) atoms. The van der Waals surface area contributed by atoms with Crippen molar-refractivity contribution in [2.75, 3.05) is 32.7 Å². The van der Waals surface area contributed by atoms with E-state index in [9.17, 15) is 4.79 Å². The molecule has 1 aromatic carbocycles. The SMILES string of the molecule is Cl.Cl.O=C(CCN1CCN(Cc2ccccc2)CC1)c1ccc(Br)s1. The van der Waals surface area contributed by atoms with Crippen LogP contribution in [0.25, 0.3) is 0 Å². The van der Waals surface area contributed by atoms with Crippen LogP contribution in [0.1, 0.15) is 21.7 Å². The lowest BCUT2D eigenvalue weighted by atomic mass is 10.2. The van der Waals surface area contributed by atoms with Crippen LogP contribution >= 0.6 is 52.1 Å². The number of rotatable bonds is 6. The molecule has 0 N–H and O–H groups in total. The van der Waals surface area contributed by atoms with Crippen molar-refractivity contribution in [3.63, 3.8) is 0 Å². The smallest absolute Gasteiger partial charge is 0.174 e. The van der Waals surface area contributed by atoms with Gasteiger partial charge in [0.1, 0.15) is 0 Å². The predicted octanol–water partition coefficient (Wildman–Crippen LogP) is 4.74. The van der Waals surface area contributed by atoms with Crippen LogP contribution in [0.2, 0.25) is 0 Å². The Balaban J connectivity index is 0.00000156. The zero-order chi connectivity index (χ0) is 16.1. The second-order valence-corrected chi connectivity index (χ2v) is 8.34. The normalized spacial score (nSPS) is 15.2. The van der Waals surface area contributed by atoms with E-state index in [2.05, 4.69) is 56.1 Å². The lowest BCUT2D eigenvalue weighted by Crippen LogP contribution is -2.46. The molecule has 0 radical (unpaired) electrons. The number of Topliss-reactive ketones (excluding diaryl/α,β-unsaturated/α-hetero) is 1. The molecule has 3 nitrogen and oxygen atoms in total. The summed E-state index contributed by atoms with van der Waals surface area (Å²) < 4.78 is 1.02. The Kier molecular flexibility index (Phi) is 10.2. The average molecular weight is 466 g/mol. The average Bonchev–Trinajstić information content (AvgIpc) is 3.01. The van der Waals surface area contributed by atoms with E-state index in [0.717, 1.165) is 47.9 Å². The molecule has 0 atom stereocenters. The third-order valence-electron chi connectivity index (χ3n) is 4.22. The first-order valence-electron chi connectivity index (χ1n) is 7.98. The van der Waals surface area contributed by atoms with Gasteiger partial charge < -0.3 is 4.90 Å². The minimum atomic E-state index is 0. The van der Waals surface area contributed by atoms with Gasteiger partial charge in [-0.25, -0.2) is 0 Å². The van der Waals surface area contributed by atoms with Gasteiger partial charge in [0.25, 0.3) is 0 Å². The Morgan fingerprint density at radius 1 is 0.960 bits per heavy atom. The largest absolute Gasteiger partial charge is 0.300 e. The zero-order valence-corrected chi connectivity index (χ0v) is 17.9. The molecule has 1 fully saturated rings. The van der Waals surface area contributed by atoms with Crippen LogP contribution in [0.4, 0.5) is 0 Å². The number of halogens is 3. The molecule has 1 saturated heterocycles. The fourth-order valence-electron chi connectivity index (χ4n) is 2.86. The topological polar surface area (TPSA) is 23.6 Å². The highest BCUT2D eigenvalue weighted by molar-refractivity contribution is 9.11. The summed E-state index contributed by atoms with van der Waals surface area (Å²) in [6.45, 7) is 6.15. The molecule has 1 aromatic heterocycles. The number of piperazine rings is 1. The number of nitrogens with zero attached hydrogens (tertiary/aromatic N) is 2. The molecule has 0 unspecified atom stereocenters. The Bertz CT molecular complexity index is 646. The van der Waals surface area contributed by atoms with E-state index in [4.69, 9.17) is 0 Å². The lowest BCUT2D eigenvalue weighted by molar-refractivity contribution is 0.0926. The molecule has 2 heterocycles. The number of hydrogen-bond donors (Lipinski definition) is 0. The van der Waals surface area contributed by atoms with E-state index >= 15 is 0 Å². The summed E-state index contributed by atoms with van der Waals surface area (Å²) in [5.74, 6) is 0.257. The van der Waals surface area contributed by atoms with Gasteiger partial charge in [-0.2, -0.15) is 0 Å². The van der Waals surface area contributed by atoms with E-state index in [-0.39, 0.29) is 30.6 Å². The molecule has 1 aliphatic heterocycles. The summed E-state index contributed by atoms with van der Waals surface area (Å²) in [4.78, 5) is 17.9. The van der Waals surface area contributed by atoms with Crippen molar-refractivity contribution < 1.29 is 4.79 Å². The van der Waals surface area contributed by atoms with Gasteiger partial charge in [0.15, 0.2) is 5.78 Å². The fourth-order valence-corrected chi connectivity index (χ4v) is 4.21. The molecule has 138 valence electrons. The highest BCUT2D eigenvalue weighted by atomic mass is 79.9. The van der Waals surface area contributed by atoms with Crippen LogP contribution in [0.15, 0.2) is 46.3 Å². The van der Waals surface area contributed by atoms with E-state index in [1.165, 1.54) is 16.9 Å². The minimum Gasteiger partial charge on any atom is -0.300 e. The van der Waals surface area contributed by atoms with Gasteiger partial charge in [0.2, 0.25) is 0 Å². The van der Waals surface area contributed by atoms with Crippen molar-refractivity contribution >= 4 is 57.9 Å². The van der Waals surface area contributed by atoms with Crippen molar-refractivity contribution in [3.8, 4) is 0 Å². The van der Waals surface area contributed by atoms with Crippen molar-refractivity contribution in [1.29, 1.82) is 0 Å². The van der Waals surface area contributed by atoms with Gasteiger partial charge >= 0.3 is 0 Å². The van der Waals surface area contributed by atoms with Crippen LogP contribution in [-0.4, -0.2) is 48.3 Å². The lowest BCUT2D eigenvalue weighted by Gasteiger charge is -2.34. The third-order valence-corrected chi connectivity index (χ3v) is 5.88. The molecule has 7 heteroatoms. The van der Waals surface area contributed by atoms with E-state index < -0.39 is 0 Å². The number of thiophene rings is 1. The van der Waals surface area contributed by atoms with Crippen LogP contribution in [0.5, 0.6) is 0 Å². The first-order valence-corrected chi connectivity index (χ1v) is 9.59. The third kappa shape index (κ3) is 7.00. The molecule has 0 amide bonds. The number of benzene rings is 1. The Morgan fingerprint density at radius 2 is 1.60 bits per heavy atom. The highest BCUT2D eigenvalue weighted by Crippen LogP contribution is 2.23. The zero-order valence-electron chi connectivity index (χ0n) is 13.9. The maximum absolute atomic E-state index is 12.2. The summed E-state index contributed by atoms with van der Waals surface area (Å²) in [7, 11) is 0. The van der Waals surface area contributed by atoms with Gasteiger partial charge in [0, 0.05) is 45.7 Å². The number of carbonyl (C=O) groups is 1. The molecular weight excluding hydrogens is 443 g/mol. The van der Waals surface area contributed by atoms with Crippen LogP contribution in [-0.2, 0) is 6.54 Å². The minimum absolute atomic E-state index is 0. The van der Waals surface area contributed by atoms with Gasteiger partial charge in [-0.15, -0.1) is 36.2 Å². The summed E-state index contributed by atoms with van der Waals surface area (Å²) in [6.07, 6.45) is 0.617. The first kappa shape index (κ1) is 22.6. The molecule has 0 bridgehead atoms. The second kappa shape index (κ2) is 11.3. The number of hydrogen-bond acceptors (Lipinski definition) is 4. The number of ketones is 1. The molecule has 1 aliphatic rings. The van der Waals surface area contributed by atoms with Crippen LogP contribution in [0.3, 0.4) is 0 Å². The van der Waals surface area contributed by atoms with Gasteiger partial charge in [-0.3, -0.25) is 9.69 Å². The second-order valence-electron chi connectivity index (χ2n) is 5.88. The monoisotopic (exact) mass is 464 g/mol. The Labute approximate surface area is 174 Å². The number of carbonyl (C=O) groups excluding carboxylic acids is 1. The van der Waals surface area contributed by atoms with Crippen molar-refractivity contribution in [2.24, 2.45) is 0 Å². The maximum atomic E-state index is 12.2.